The van der Waals surface area contributed by atoms with Gasteiger partial charge in [-0.05, 0) is 12.1 Å². The molecule has 112 valence electrons. The second-order valence-corrected chi connectivity index (χ2v) is 4.96. The zero-order valence-electron chi connectivity index (χ0n) is 12.1. The predicted molar refractivity (Wildman–Crippen MR) is 81.8 cm³/mol. The van der Waals surface area contributed by atoms with Gasteiger partial charge in [-0.15, -0.1) is 0 Å². The van der Waals surface area contributed by atoms with Gasteiger partial charge in [0.25, 0.3) is 0 Å². The summed E-state index contributed by atoms with van der Waals surface area (Å²) >= 11 is 0. The fourth-order valence-electron chi connectivity index (χ4n) is 2.72. The number of benzene rings is 2. The highest BCUT2D eigenvalue weighted by Gasteiger charge is 2.18. The first-order valence-corrected chi connectivity index (χ1v) is 6.69. The summed E-state index contributed by atoms with van der Waals surface area (Å²) < 4.78 is 21.1. The molecule has 0 unspecified atom stereocenters. The van der Waals surface area contributed by atoms with Crippen LogP contribution in [0.3, 0.4) is 0 Å². The first kappa shape index (κ1) is 14.1. The van der Waals surface area contributed by atoms with E-state index >= 15 is 0 Å². The highest BCUT2D eigenvalue weighted by molar-refractivity contribution is 6.01. The summed E-state index contributed by atoms with van der Waals surface area (Å²) in [4.78, 5) is 11.3. The molecule has 4 nitrogen and oxygen atoms in total. The molecular weight excluding hydrogens is 285 g/mol. The first-order valence-electron chi connectivity index (χ1n) is 6.69. The zero-order valence-corrected chi connectivity index (χ0v) is 12.1. The third-order valence-corrected chi connectivity index (χ3v) is 3.75. The fourth-order valence-corrected chi connectivity index (χ4v) is 2.72. The van der Waals surface area contributed by atoms with E-state index in [1.54, 1.807) is 48.0 Å². The van der Waals surface area contributed by atoms with Crippen molar-refractivity contribution in [2.24, 2.45) is 7.05 Å². The molecule has 0 aliphatic carbocycles. The van der Waals surface area contributed by atoms with E-state index in [4.69, 9.17) is 4.74 Å². The van der Waals surface area contributed by atoms with E-state index in [2.05, 4.69) is 0 Å². The number of ether oxygens (including phenoxy) is 1. The molecule has 1 aromatic heterocycles. The second kappa shape index (κ2) is 5.18. The van der Waals surface area contributed by atoms with Crippen molar-refractivity contribution in [2.75, 3.05) is 7.11 Å². The molecule has 0 atom stereocenters. The van der Waals surface area contributed by atoms with Crippen LogP contribution < -0.4 is 4.74 Å². The molecule has 0 fully saturated rings. The number of nitrogens with zero attached hydrogens (tertiary/aromatic N) is 1. The van der Waals surface area contributed by atoms with Crippen molar-refractivity contribution in [1.82, 2.24) is 4.57 Å². The van der Waals surface area contributed by atoms with Crippen LogP contribution in [-0.2, 0) is 7.05 Å². The average molecular weight is 299 g/mol. The molecule has 0 aliphatic rings. The molecular formula is C17H14FNO3. The lowest BCUT2D eigenvalue weighted by molar-refractivity contribution is 0.0687. The molecule has 3 aromatic rings. The van der Waals surface area contributed by atoms with Gasteiger partial charge in [-0.3, -0.25) is 0 Å². The van der Waals surface area contributed by atoms with Crippen molar-refractivity contribution in [1.29, 1.82) is 0 Å². The van der Waals surface area contributed by atoms with Crippen LogP contribution in [0.5, 0.6) is 5.75 Å². The third kappa shape index (κ3) is 2.02. The van der Waals surface area contributed by atoms with E-state index in [1.165, 1.54) is 7.11 Å². The third-order valence-electron chi connectivity index (χ3n) is 3.75. The van der Waals surface area contributed by atoms with E-state index in [0.717, 1.165) is 5.39 Å². The number of hydrogen-bond donors (Lipinski definition) is 1. The first-order chi connectivity index (χ1) is 10.5. The maximum Gasteiger partial charge on any atom is 0.352 e. The van der Waals surface area contributed by atoms with E-state index in [1.807, 2.05) is 6.07 Å². The van der Waals surface area contributed by atoms with E-state index in [-0.39, 0.29) is 11.4 Å². The molecule has 1 N–H and O–H groups in total. The number of carboxylic acids is 1. The summed E-state index contributed by atoms with van der Waals surface area (Å²) in [6.45, 7) is 0. The molecule has 0 radical (unpaired) electrons. The van der Waals surface area contributed by atoms with Gasteiger partial charge < -0.3 is 14.4 Å². The molecule has 3 rings (SSSR count). The van der Waals surface area contributed by atoms with Gasteiger partial charge in [0.15, 0.2) is 11.6 Å². The number of fused-ring (bicyclic) bond motifs is 1. The quantitative estimate of drug-likeness (QED) is 0.802. The lowest BCUT2D eigenvalue weighted by Gasteiger charge is -2.10. The number of aryl methyl sites for hydroxylation is 1. The summed E-state index contributed by atoms with van der Waals surface area (Å²) in [6.07, 6.45) is 0. The number of aromatic nitrogens is 1. The van der Waals surface area contributed by atoms with Crippen LogP contribution in [0.4, 0.5) is 4.39 Å². The van der Waals surface area contributed by atoms with Crippen LogP contribution in [0.25, 0.3) is 22.0 Å². The molecule has 0 saturated carbocycles. The Morgan fingerprint density at radius 1 is 1.18 bits per heavy atom. The molecule has 0 spiro atoms. The highest BCUT2D eigenvalue weighted by atomic mass is 19.1. The molecule has 0 aliphatic heterocycles. The summed E-state index contributed by atoms with van der Waals surface area (Å²) in [5, 5.41) is 10.00. The lowest BCUT2D eigenvalue weighted by Crippen LogP contribution is -2.04. The highest BCUT2D eigenvalue weighted by Crippen LogP contribution is 2.34. The van der Waals surface area contributed by atoms with Crippen molar-refractivity contribution in [3.63, 3.8) is 0 Å². The number of carboxylic acid groups (broad SMARTS) is 1. The smallest absolute Gasteiger partial charge is 0.352 e. The van der Waals surface area contributed by atoms with Gasteiger partial charge in [0, 0.05) is 23.6 Å². The van der Waals surface area contributed by atoms with E-state index in [9.17, 15) is 14.3 Å². The number of hydrogen-bond acceptors (Lipinski definition) is 2. The SMILES string of the molecule is COc1cccc(-c2cccc3cc(C(=O)O)n(C)c23)c1F. The maximum absolute atomic E-state index is 14.5. The van der Waals surface area contributed by atoms with Crippen molar-refractivity contribution in [3.8, 4) is 16.9 Å². The van der Waals surface area contributed by atoms with Crippen LogP contribution in [0, 0.1) is 5.82 Å². The van der Waals surface area contributed by atoms with Crippen LogP contribution in [0.15, 0.2) is 42.5 Å². The zero-order chi connectivity index (χ0) is 15.9. The van der Waals surface area contributed by atoms with Gasteiger partial charge in [0.05, 0.1) is 12.6 Å². The average Bonchev–Trinajstić information content (AvgIpc) is 2.85. The summed E-state index contributed by atoms with van der Waals surface area (Å²) in [5.41, 5.74) is 1.84. The minimum absolute atomic E-state index is 0.155. The lowest BCUT2D eigenvalue weighted by atomic mass is 10.0. The largest absolute Gasteiger partial charge is 0.494 e. The maximum atomic E-state index is 14.5. The van der Waals surface area contributed by atoms with Gasteiger partial charge in [0.2, 0.25) is 0 Å². The predicted octanol–water partition coefficient (Wildman–Crippen LogP) is 3.69. The Morgan fingerprint density at radius 3 is 2.55 bits per heavy atom. The molecule has 0 amide bonds. The van der Waals surface area contributed by atoms with Gasteiger partial charge in [-0.2, -0.15) is 0 Å². The summed E-state index contributed by atoms with van der Waals surface area (Å²) in [6, 6.07) is 11.8. The van der Waals surface area contributed by atoms with Crippen molar-refractivity contribution in [3.05, 3.63) is 54.0 Å². The standard InChI is InChI=1S/C17H14FNO3/c1-19-13(17(20)21)9-10-5-3-7-12(16(10)19)11-6-4-8-14(22-2)15(11)18/h3-9H,1-2H3,(H,20,21). The van der Waals surface area contributed by atoms with Crippen LogP contribution in [0.2, 0.25) is 0 Å². The molecule has 2 aromatic carbocycles. The minimum Gasteiger partial charge on any atom is -0.494 e. The molecule has 0 bridgehead atoms. The van der Waals surface area contributed by atoms with Crippen molar-refractivity contribution in [2.45, 2.75) is 0 Å². The number of para-hydroxylation sites is 1. The molecule has 5 heteroatoms. The monoisotopic (exact) mass is 299 g/mol. The Labute approximate surface area is 126 Å². The van der Waals surface area contributed by atoms with Gasteiger partial charge in [-0.25, -0.2) is 9.18 Å². The normalized spacial score (nSPS) is 10.9. The summed E-state index contributed by atoms with van der Waals surface area (Å²) in [5.74, 6) is -1.33. The van der Waals surface area contributed by atoms with E-state index < -0.39 is 11.8 Å². The van der Waals surface area contributed by atoms with Gasteiger partial charge in [0.1, 0.15) is 5.69 Å². The van der Waals surface area contributed by atoms with Gasteiger partial charge >= 0.3 is 5.97 Å². The minimum atomic E-state index is -1.02. The number of aromatic carboxylic acids is 1. The molecule has 22 heavy (non-hydrogen) atoms. The van der Waals surface area contributed by atoms with Crippen molar-refractivity contribution < 1.29 is 19.0 Å². The Balaban J connectivity index is 2.35. The van der Waals surface area contributed by atoms with Gasteiger partial charge in [-0.1, -0.05) is 30.3 Å². The Bertz CT molecular complexity index is 883. The number of halogens is 1. The molecule has 0 saturated heterocycles. The van der Waals surface area contributed by atoms with Crippen LogP contribution in [0.1, 0.15) is 10.5 Å². The number of rotatable bonds is 3. The van der Waals surface area contributed by atoms with Crippen LogP contribution in [-0.4, -0.2) is 22.8 Å². The topological polar surface area (TPSA) is 51.5 Å². The Hall–Kier alpha value is -2.82. The number of carbonyl (C=O) groups is 1. The van der Waals surface area contributed by atoms with E-state index in [0.29, 0.717) is 16.6 Å². The van der Waals surface area contributed by atoms with Crippen molar-refractivity contribution >= 4 is 16.9 Å². The van der Waals surface area contributed by atoms with Crippen LogP contribution >= 0.6 is 0 Å². The Morgan fingerprint density at radius 2 is 1.86 bits per heavy atom. The fraction of sp³-hybridized carbons (Fsp3) is 0.118. The summed E-state index contributed by atoms with van der Waals surface area (Å²) in [7, 11) is 3.07. The molecule has 1 heterocycles. The second-order valence-electron chi connectivity index (χ2n) is 4.96. The Kier molecular flexibility index (Phi) is 3.33. The number of methoxy groups -OCH3 is 1.